The lowest BCUT2D eigenvalue weighted by Gasteiger charge is -2.09. The molecule has 0 saturated heterocycles. The number of nitrogens with one attached hydrogen (secondary N) is 2. The molecule has 0 radical (unpaired) electrons. The van der Waals surface area contributed by atoms with Gasteiger partial charge in [0.25, 0.3) is 0 Å². The molecule has 0 fully saturated rings. The summed E-state index contributed by atoms with van der Waals surface area (Å²) in [5.74, 6) is -1.69. The number of amides is 2. The summed E-state index contributed by atoms with van der Waals surface area (Å²) in [6.07, 6.45) is 0. The van der Waals surface area contributed by atoms with E-state index in [4.69, 9.17) is 4.74 Å². The Balaban J connectivity index is 1.72. The third kappa shape index (κ3) is 4.73. The minimum atomic E-state index is -0.970. The molecule has 0 saturated carbocycles. The van der Waals surface area contributed by atoms with Gasteiger partial charge in [0.15, 0.2) is 11.6 Å². The minimum absolute atomic E-state index is 0.145. The van der Waals surface area contributed by atoms with Crippen LogP contribution in [0.2, 0.25) is 0 Å². The maximum atomic E-state index is 13.0. The van der Waals surface area contributed by atoms with Gasteiger partial charge in [0.05, 0.1) is 6.54 Å². The van der Waals surface area contributed by atoms with Gasteiger partial charge in [-0.3, -0.25) is 0 Å². The summed E-state index contributed by atoms with van der Waals surface area (Å²) >= 11 is 0. The molecule has 116 valence electrons. The smallest absolute Gasteiger partial charge is 0.319 e. The summed E-state index contributed by atoms with van der Waals surface area (Å²) < 4.78 is 30.9. The van der Waals surface area contributed by atoms with Gasteiger partial charge in [0.2, 0.25) is 0 Å². The van der Waals surface area contributed by atoms with Gasteiger partial charge in [-0.25, -0.2) is 13.6 Å². The van der Waals surface area contributed by atoms with E-state index < -0.39 is 11.6 Å². The monoisotopic (exact) mass is 306 g/mol. The standard InChI is InChI=1S/C16H16F2N2O2/c1-11-3-2-4-12(9-11)20-16(21)19-7-8-22-13-5-6-14(17)15(18)10-13/h2-6,9-10H,7-8H2,1H3,(H2,19,20,21). The highest BCUT2D eigenvalue weighted by Gasteiger charge is 2.04. The Bertz CT molecular complexity index is 662. The van der Waals surface area contributed by atoms with E-state index in [1.165, 1.54) is 6.07 Å². The molecule has 0 aliphatic rings. The Morgan fingerprint density at radius 3 is 2.68 bits per heavy atom. The number of carbonyl (C=O) groups excluding carboxylic acids is 1. The van der Waals surface area contributed by atoms with Gasteiger partial charge >= 0.3 is 6.03 Å². The van der Waals surface area contributed by atoms with E-state index in [0.29, 0.717) is 5.69 Å². The number of halogens is 2. The predicted molar refractivity (Wildman–Crippen MR) is 80.1 cm³/mol. The number of hydrogen-bond donors (Lipinski definition) is 2. The van der Waals surface area contributed by atoms with Crippen LogP contribution in [0.1, 0.15) is 5.56 Å². The van der Waals surface area contributed by atoms with E-state index in [-0.39, 0.29) is 24.9 Å². The Labute approximate surface area is 127 Å². The third-order valence-corrected chi connectivity index (χ3v) is 2.82. The lowest BCUT2D eigenvalue weighted by Crippen LogP contribution is -2.32. The van der Waals surface area contributed by atoms with Crippen LogP contribution in [0.15, 0.2) is 42.5 Å². The average molecular weight is 306 g/mol. The Kier molecular flexibility index (Phi) is 5.30. The molecule has 2 aromatic rings. The van der Waals surface area contributed by atoms with Gasteiger partial charge in [-0.15, -0.1) is 0 Å². The molecule has 0 bridgehead atoms. The van der Waals surface area contributed by atoms with Crippen LogP contribution in [-0.4, -0.2) is 19.2 Å². The first kappa shape index (κ1) is 15.8. The van der Waals surface area contributed by atoms with Crippen LogP contribution in [0.4, 0.5) is 19.3 Å². The maximum absolute atomic E-state index is 13.0. The molecule has 2 N–H and O–H groups in total. The lowest BCUT2D eigenvalue weighted by molar-refractivity contribution is 0.247. The third-order valence-electron chi connectivity index (χ3n) is 2.82. The van der Waals surface area contributed by atoms with E-state index in [1.807, 2.05) is 25.1 Å². The summed E-state index contributed by atoms with van der Waals surface area (Å²) in [4.78, 5) is 11.6. The first-order valence-electron chi connectivity index (χ1n) is 6.74. The molecular formula is C16H16F2N2O2. The molecule has 0 aliphatic heterocycles. The molecule has 0 aliphatic carbocycles. The van der Waals surface area contributed by atoms with Crippen LogP contribution in [0, 0.1) is 18.6 Å². The van der Waals surface area contributed by atoms with E-state index in [9.17, 15) is 13.6 Å². The number of ether oxygens (including phenoxy) is 1. The number of aryl methyl sites for hydroxylation is 1. The number of hydrogen-bond acceptors (Lipinski definition) is 2. The zero-order valence-electron chi connectivity index (χ0n) is 12.0. The molecule has 0 unspecified atom stereocenters. The summed E-state index contributed by atoms with van der Waals surface area (Å²) in [6, 6.07) is 10.3. The van der Waals surface area contributed by atoms with Gasteiger partial charge in [-0.1, -0.05) is 12.1 Å². The van der Waals surface area contributed by atoms with Gasteiger partial charge in [-0.05, 0) is 36.8 Å². The van der Waals surface area contributed by atoms with Crippen LogP contribution in [-0.2, 0) is 0 Å². The average Bonchev–Trinajstić information content (AvgIpc) is 2.47. The topological polar surface area (TPSA) is 50.4 Å². The fourth-order valence-electron chi connectivity index (χ4n) is 1.80. The maximum Gasteiger partial charge on any atom is 0.319 e. The molecule has 0 heterocycles. The van der Waals surface area contributed by atoms with Crippen molar-refractivity contribution in [1.29, 1.82) is 0 Å². The van der Waals surface area contributed by atoms with Crippen molar-refractivity contribution in [2.45, 2.75) is 6.92 Å². The molecule has 4 nitrogen and oxygen atoms in total. The molecule has 2 rings (SSSR count). The summed E-state index contributed by atoms with van der Waals surface area (Å²) in [5, 5.41) is 5.29. The van der Waals surface area contributed by atoms with Gasteiger partial charge in [-0.2, -0.15) is 0 Å². The molecular weight excluding hydrogens is 290 g/mol. The van der Waals surface area contributed by atoms with Crippen molar-refractivity contribution in [3.8, 4) is 5.75 Å². The second kappa shape index (κ2) is 7.40. The van der Waals surface area contributed by atoms with Gasteiger partial charge < -0.3 is 15.4 Å². The van der Waals surface area contributed by atoms with E-state index >= 15 is 0 Å². The quantitative estimate of drug-likeness (QED) is 0.831. The summed E-state index contributed by atoms with van der Waals surface area (Å²) in [6.45, 7) is 2.31. The zero-order chi connectivity index (χ0) is 15.9. The fraction of sp³-hybridized carbons (Fsp3) is 0.188. The van der Waals surface area contributed by atoms with E-state index in [1.54, 1.807) is 6.07 Å². The van der Waals surface area contributed by atoms with Crippen LogP contribution >= 0.6 is 0 Å². The van der Waals surface area contributed by atoms with Crippen molar-refractivity contribution in [2.24, 2.45) is 0 Å². The first-order valence-corrected chi connectivity index (χ1v) is 6.74. The van der Waals surface area contributed by atoms with E-state index in [2.05, 4.69) is 10.6 Å². The van der Waals surface area contributed by atoms with E-state index in [0.717, 1.165) is 17.7 Å². The number of rotatable bonds is 5. The molecule has 0 aromatic heterocycles. The SMILES string of the molecule is Cc1cccc(NC(=O)NCCOc2ccc(F)c(F)c2)c1. The van der Waals surface area contributed by atoms with Gasteiger partial charge in [0.1, 0.15) is 12.4 Å². The summed E-state index contributed by atoms with van der Waals surface area (Å²) in [7, 11) is 0. The predicted octanol–water partition coefficient (Wildman–Crippen LogP) is 3.47. The number of carbonyl (C=O) groups is 1. The van der Waals surface area contributed by atoms with Crippen LogP contribution in [0.3, 0.4) is 0 Å². The molecule has 2 aromatic carbocycles. The fourth-order valence-corrected chi connectivity index (χ4v) is 1.80. The van der Waals surface area contributed by atoms with Crippen molar-refractivity contribution >= 4 is 11.7 Å². The first-order chi connectivity index (χ1) is 10.5. The Morgan fingerprint density at radius 1 is 1.14 bits per heavy atom. The molecule has 22 heavy (non-hydrogen) atoms. The molecule has 2 amide bonds. The number of benzene rings is 2. The molecule has 6 heteroatoms. The largest absolute Gasteiger partial charge is 0.492 e. The Hall–Kier alpha value is -2.63. The number of urea groups is 1. The highest BCUT2D eigenvalue weighted by atomic mass is 19.2. The van der Waals surface area contributed by atoms with Gasteiger partial charge in [0, 0.05) is 11.8 Å². The highest BCUT2D eigenvalue weighted by molar-refractivity contribution is 5.89. The van der Waals surface area contributed by atoms with Crippen molar-refractivity contribution in [1.82, 2.24) is 5.32 Å². The van der Waals surface area contributed by atoms with Crippen LogP contribution in [0.25, 0.3) is 0 Å². The minimum Gasteiger partial charge on any atom is -0.492 e. The van der Waals surface area contributed by atoms with Crippen LogP contribution in [0.5, 0.6) is 5.75 Å². The zero-order valence-corrected chi connectivity index (χ0v) is 12.0. The number of anilines is 1. The lowest BCUT2D eigenvalue weighted by atomic mass is 10.2. The van der Waals surface area contributed by atoms with Crippen molar-refractivity contribution in [3.63, 3.8) is 0 Å². The second-order valence-electron chi connectivity index (χ2n) is 4.67. The highest BCUT2D eigenvalue weighted by Crippen LogP contribution is 2.15. The molecule has 0 atom stereocenters. The Morgan fingerprint density at radius 2 is 1.95 bits per heavy atom. The van der Waals surface area contributed by atoms with Crippen molar-refractivity contribution < 1.29 is 18.3 Å². The van der Waals surface area contributed by atoms with Crippen molar-refractivity contribution in [3.05, 3.63) is 59.7 Å². The van der Waals surface area contributed by atoms with Crippen molar-refractivity contribution in [2.75, 3.05) is 18.5 Å². The molecule has 0 spiro atoms. The second-order valence-corrected chi connectivity index (χ2v) is 4.67. The normalized spacial score (nSPS) is 10.1. The van der Waals surface area contributed by atoms with Crippen LogP contribution < -0.4 is 15.4 Å². The summed E-state index contributed by atoms with van der Waals surface area (Å²) in [5.41, 5.74) is 1.73.